The van der Waals surface area contributed by atoms with Gasteiger partial charge in [0, 0.05) is 6.54 Å². The van der Waals surface area contributed by atoms with Gasteiger partial charge in [-0.1, -0.05) is 19.1 Å². The molecule has 0 spiro atoms. The highest BCUT2D eigenvalue weighted by atomic mass is 32.1. The molecule has 0 bridgehead atoms. The molecule has 0 unspecified atom stereocenters. The predicted octanol–water partition coefficient (Wildman–Crippen LogP) is 2.17. The van der Waals surface area contributed by atoms with E-state index in [1.54, 1.807) is 0 Å². The quantitative estimate of drug-likeness (QED) is 0.496. The van der Waals surface area contributed by atoms with Gasteiger partial charge < -0.3 is 10.6 Å². The number of nitrogens with zero attached hydrogens (tertiary/aromatic N) is 1. The van der Waals surface area contributed by atoms with E-state index in [1.165, 1.54) is 38.9 Å². The molecule has 1 aliphatic rings. The van der Waals surface area contributed by atoms with E-state index in [0.29, 0.717) is 4.99 Å². The minimum atomic E-state index is 0.662. The molecule has 1 fully saturated rings. The predicted molar refractivity (Wildman–Crippen MR) is 65.5 cm³/mol. The second kappa shape index (κ2) is 6.36. The van der Waals surface area contributed by atoms with Crippen molar-refractivity contribution in [3.05, 3.63) is 0 Å². The first-order chi connectivity index (χ1) is 6.72. The van der Waals surface area contributed by atoms with Crippen LogP contribution in [0.1, 0.15) is 39.0 Å². The largest absolute Gasteiger partial charge is 0.393 e. The van der Waals surface area contributed by atoms with Crippen LogP contribution in [-0.4, -0.2) is 29.5 Å². The molecule has 0 aromatic carbocycles. The molecular weight excluding hydrogens is 192 g/mol. The second-order valence-corrected chi connectivity index (χ2v) is 4.78. The number of thiocarbonyl (C=S) groups is 1. The van der Waals surface area contributed by atoms with Gasteiger partial charge in [-0.2, -0.15) is 0 Å². The first-order valence-electron chi connectivity index (χ1n) is 5.73. The summed E-state index contributed by atoms with van der Waals surface area (Å²) in [4.78, 5) is 3.22. The van der Waals surface area contributed by atoms with E-state index in [0.717, 1.165) is 18.8 Å². The molecule has 2 N–H and O–H groups in total. The minimum Gasteiger partial charge on any atom is -0.393 e. The van der Waals surface area contributed by atoms with E-state index >= 15 is 0 Å². The minimum absolute atomic E-state index is 0.662. The summed E-state index contributed by atoms with van der Waals surface area (Å²) in [6.45, 7) is 5.96. The number of nitrogens with two attached hydrogens (primary N) is 1. The first kappa shape index (κ1) is 11.9. The lowest BCUT2D eigenvalue weighted by molar-refractivity contribution is 0.271. The number of hydrogen-bond acceptors (Lipinski definition) is 2. The maximum absolute atomic E-state index is 5.45. The van der Waals surface area contributed by atoms with Crippen LogP contribution in [-0.2, 0) is 0 Å². The van der Waals surface area contributed by atoms with Crippen LogP contribution in [0.25, 0.3) is 0 Å². The Morgan fingerprint density at radius 3 is 2.64 bits per heavy atom. The van der Waals surface area contributed by atoms with Crippen molar-refractivity contribution in [1.82, 2.24) is 4.90 Å². The lowest BCUT2D eigenvalue weighted by Crippen LogP contribution is -2.27. The fraction of sp³-hybridized carbons (Fsp3) is 0.909. The third kappa shape index (κ3) is 5.55. The molecule has 0 saturated heterocycles. The fourth-order valence-corrected chi connectivity index (χ4v) is 1.82. The van der Waals surface area contributed by atoms with Crippen molar-refractivity contribution in [3.63, 3.8) is 0 Å². The average molecular weight is 214 g/mol. The van der Waals surface area contributed by atoms with Gasteiger partial charge in [0.25, 0.3) is 0 Å². The lowest BCUT2D eigenvalue weighted by atomic mass is 10.2. The zero-order valence-electron chi connectivity index (χ0n) is 9.17. The average Bonchev–Trinajstić information content (AvgIpc) is 2.93. The van der Waals surface area contributed by atoms with Crippen molar-refractivity contribution in [2.24, 2.45) is 11.7 Å². The van der Waals surface area contributed by atoms with Gasteiger partial charge in [-0.25, -0.2) is 0 Å². The van der Waals surface area contributed by atoms with Crippen LogP contribution in [0.2, 0.25) is 0 Å². The maximum atomic E-state index is 5.45. The Morgan fingerprint density at radius 2 is 2.14 bits per heavy atom. The summed E-state index contributed by atoms with van der Waals surface area (Å²) < 4.78 is 0. The SMILES string of the molecule is CCN(CCCCC(N)=S)CC1CC1. The summed E-state index contributed by atoms with van der Waals surface area (Å²) in [6.07, 6.45) is 6.19. The van der Waals surface area contributed by atoms with E-state index in [9.17, 15) is 0 Å². The van der Waals surface area contributed by atoms with E-state index in [-0.39, 0.29) is 0 Å². The molecule has 0 radical (unpaired) electrons. The Hall–Kier alpha value is -0.150. The van der Waals surface area contributed by atoms with Crippen LogP contribution in [0.4, 0.5) is 0 Å². The van der Waals surface area contributed by atoms with E-state index in [1.807, 2.05) is 0 Å². The standard InChI is InChI=1S/C11H22N2S/c1-2-13(9-10-6-7-10)8-4-3-5-11(12)14/h10H,2-9H2,1H3,(H2,12,14). The maximum Gasteiger partial charge on any atom is 0.0727 e. The highest BCUT2D eigenvalue weighted by molar-refractivity contribution is 7.80. The van der Waals surface area contributed by atoms with Gasteiger partial charge in [0.2, 0.25) is 0 Å². The Bertz CT molecular complexity index is 178. The third-order valence-corrected chi connectivity index (χ3v) is 3.01. The molecule has 0 atom stereocenters. The lowest BCUT2D eigenvalue weighted by Gasteiger charge is -2.19. The van der Waals surface area contributed by atoms with E-state index in [2.05, 4.69) is 11.8 Å². The van der Waals surface area contributed by atoms with Crippen molar-refractivity contribution in [1.29, 1.82) is 0 Å². The van der Waals surface area contributed by atoms with Crippen molar-refractivity contribution < 1.29 is 0 Å². The normalized spacial score (nSPS) is 16.1. The van der Waals surface area contributed by atoms with Crippen LogP contribution in [0.15, 0.2) is 0 Å². The summed E-state index contributed by atoms with van der Waals surface area (Å²) in [5.74, 6) is 1.01. The van der Waals surface area contributed by atoms with E-state index < -0.39 is 0 Å². The Balaban J connectivity index is 1.98. The third-order valence-electron chi connectivity index (χ3n) is 2.81. The van der Waals surface area contributed by atoms with Crippen molar-refractivity contribution in [2.45, 2.75) is 39.0 Å². The zero-order chi connectivity index (χ0) is 10.4. The molecule has 0 aliphatic heterocycles. The molecule has 2 nitrogen and oxygen atoms in total. The topological polar surface area (TPSA) is 29.3 Å². The number of rotatable bonds is 8. The van der Waals surface area contributed by atoms with Crippen LogP contribution < -0.4 is 5.73 Å². The highest BCUT2D eigenvalue weighted by Crippen LogP contribution is 2.29. The van der Waals surface area contributed by atoms with Gasteiger partial charge in [-0.15, -0.1) is 0 Å². The molecule has 0 amide bonds. The smallest absolute Gasteiger partial charge is 0.0727 e. The fourth-order valence-electron chi connectivity index (χ4n) is 1.68. The van der Waals surface area contributed by atoms with Gasteiger partial charge in [-0.3, -0.25) is 0 Å². The molecular formula is C11H22N2S. The van der Waals surface area contributed by atoms with E-state index in [4.69, 9.17) is 18.0 Å². The van der Waals surface area contributed by atoms with Crippen LogP contribution in [0, 0.1) is 5.92 Å². The summed E-state index contributed by atoms with van der Waals surface area (Å²) in [6, 6.07) is 0. The highest BCUT2D eigenvalue weighted by Gasteiger charge is 2.23. The molecule has 3 heteroatoms. The molecule has 82 valence electrons. The number of unbranched alkanes of at least 4 members (excludes halogenated alkanes) is 1. The van der Waals surface area contributed by atoms with Gasteiger partial charge >= 0.3 is 0 Å². The van der Waals surface area contributed by atoms with Crippen LogP contribution >= 0.6 is 12.2 Å². The summed E-state index contributed by atoms with van der Waals surface area (Å²) in [5.41, 5.74) is 5.45. The first-order valence-corrected chi connectivity index (χ1v) is 6.14. The Morgan fingerprint density at radius 1 is 1.43 bits per heavy atom. The molecule has 1 aliphatic carbocycles. The molecule has 0 aromatic heterocycles. The second-order valence-electron chi connectivity index (χ2n) is 4.26. The summed E-state index contributed by atoms with van der Waals surface area (Å²) >= 11 is 4.85. The van der Waals surface area contributed by atoms with Gasteiger partial charge in [-0.05, 0) is 51.1 Å². The Labute approximate surface area is 92.8 Å². The van der Waals surface area contributed by atoms with Crippen LogP contribution in [0.5, 0.6) is 0 Å². The monoisotopic (exact) mass is 214 g/mol. The van der Waals surface area contributed by atoms with Crippen molar-refractivity contribution in [3.8, 4) is 0 Å². The van der Waals surface area contributed by atoms with Gasteiger partial charge in [0.05, 0.1) is 4.99 Å². The molecule has 14 heavy (non-hydrogen) atoms. The zero-order valence-corrected chi connectivity index (χ0v) is 9.98. The van der Waals surface area contributed by atoms with Crippen LogP contribution in [0.3, 0.4) is 0 Å². The van der Waals surface area contributed by atoms with Crippen molar-refractivity contribution in [2.75, 3.05) is 19.6 Å². The molecule has 1 rings (SSSR count). The van der Waals surface area contributed by atoms with Gasteiger partial charge in [0.1, 0.15) is 0 Å². The summed E-state index contributed by atoms with van der Waals surface area (Å²) in [7, 11) is 0. The van der Waals surface area contributed by atoms with Crippen molar-refractivity contribution >= 4 is 17.2 Å². The summed E-state index contributed by atoms with van der Waals surface area (Å²) in [5, 5.41) is 0. The Kier molecular flexibility index (Phi) is 5.41. The number of hydrogen-bond donors (Lipinski definition) is 1. The van der Waals surface area contributed by atoms with Gasteiger partial charge in [0.15, 0.2) is 0 Å². The molecule has 1 saturated carbocycles. The molecule has 0 aromatic rings. The molecule has 0 heterocycles.